The lowest BCUT2D eigenvalue weighted by molar-refractivity contribution is -0.130. The Labute approximate surface area is 208 Å². The molecule has 35 heavy (non-hydrogen) atoms. The molecular weight excluding hydrogens is 438 g/mol. The zero-order valence-electron chi connectivity index (χ0n) is 20.7. The summed E-state index contributed by atoms with van der Waals surface area (Å²) in [7, 11) is 0. The van der Waals surface area contributed by atoms with Crippen LogP contribution in [-0.4, -0.2) is 30.5 Å². The Hall–Kier alpha value is -3.22. The van der Waals surface area contributed by atoms with E-state index in [1.54, 1.807) is 0 Å². The third kappa shape index (κ3) is 8.50. The van der Waals surface area contributed by atoms with Gasteiger partial charge in [0, 0.05) is 19.0 Å². The van der Waals surface area contributed by atoms with Crippen LogP contribution in [0.1, 0.15) is 44.2 Å². The second kappa shape index (κ2) is 13.6. The SMILES string of the molecule is CC(C)C(NC(=O)CCC[C@@H](N)COCc1cccc2ccccc12)C(=O)NCc1ccccc1. The summed E-state index contributed by atoms with van der Waals surface area (Å²) in [6, 6.07) is 23.4. The van der Waals surface area contributed by atoms with Crippen LogP contribution in [0, 0.1) is 5.92 Å². The molecule has 0 aliphatic rings. The predicted octanol–water partition coefficient (Wildman–Crippen LogP) is 4.31. The van der Waals surface area contributed by atoms with Crippen LogP contribution >= 0.6 is 0 Å². The standard InChI is InChI=1S/C29H37N3O3/c1-21(2)28(29(34)31-18-22-10-4-3-5-11-22)32-27(33)17-9-15-25(30)20-35-19-24-14-8-13-23-12-6-7-16-26(23)24/h3-8,10-14,16,21,25,28H,9,15,17-20,30H2,1-2H3,(H,31,34)(H,32,33)/t25-,28?/m1/s1. The Bertz CT molecular complexity index is 1080. The van der Waals surface area contributed by atoms with Gasteiger partial charge in [0.2, 0.25) is 11.8 Å². The molecule has 0 aliphatic heterocycles. The van der Waals surface area contributed by atoms with Crippen molar-refractivity contribution in [3.05, 3.63) is 83.9 Å². The molecule has 0 bridgehead atoms. The lowest BCUT2D eigenvalue weighted by atomic mass is 10.0. The third-order valence-corrected chi connectivity index (χ3v) is 6.02. The Morgan fingerprint density at radius 1 is 0.943 bits per heavy atom. The van der Waals surface area contributed by atoms with Crippen molar-refractivity contribution in [2.75, 3.05) is 6.61 Å². The topological polar surface area (TPSA) is 93.5 Å². The number of fused-ring (bicyclic) bond motifs is 1. The van der Waals surface area contributed by atoms with Crippen LogP contribution < -0.4 is 16.4 Å². The van der Waals surface area contributed by atoms with Crippen LogP contribution in [0.4, 0.5) is 0 Å². The maximum absolute atomic E-state index is 12.6. The molecule has 3 aromatic rings. The smallest absolute Gasteiger partial charge is 0.243 e. The summed E-state index contributed by atoms with van der Waals surface area (Å²) in [5, 5.41) is 8.18. The average Bonchev–Trinajstić information content (AvgIpc) is 2.86. The van der Waals surface area contributed by atoms with Crippen LogP contribution in [0.15, 0.2) is 72.8 Å². The molecule has 2 atom stereocenters. The molecule has 0 radical (unpaired) electrons. The van der Waals surface area contributed by atoms with E-state index in [9.17, 15) is 9.59 Å². The first-order valence-electron chi connectivity index (χ1n) is 12.3. The molecule has 0 aromatic heterocycles. The normalized spacial score (nSPS) is 12.9. The fourth-order valence-electron chi connectivity index (χ4n) is 4.02. The number of nitrogens with two attached hydrogens (primary N) is 1. The van der Waals surface area contributed by atoms with Gasteiger partial charge in [-0.15, -0.1) is 0 Å². The molecule has 6 heteroatoms. The summed E-state index contributed by atoms with van der Waals surface area (Å²) in [6.07, 6.45) is 1.64. The second-order valence-electron chi connectivity index (χ2n) is 9.30. The summed E-state index contributed by atoms with van der Waals surface area (Å²) in [5.74, 6) is -0.322. The maximum atomic E-state index is 12.6. The largest absolute Gasteiger partial charge is 0.375 e. The minimum atomic E-state index is -0.566. The van der Waals surface area contributed by atoms with Crippen LogP contribution in [0.2, 0.25) is 0 Å². The predicted molar refractivity (Wildman–Crippen MR) is 140 cm³/mol. The highest BCUT2D eigenvalue weighted by Crippen LogP contribution is 2.19. The average molecular weight is 476 g/mol. The van der Waals surface area contributed by atoms with Gasteiger partial charge < -0.3 is 21.1 Å². The molecule has 2 amide bonds. The lowest BCUT2D eigenvalue weighted by Crippen LogP contribution is -2.49. The third-order valence-electron chi connectivity index (χ3n) is 6.02. The summed E-state index contributed by atoms with van der Waals surface area (Å²) in [5.41, 5.74) is 8.37. The number of carbonyl (C=O) groups excluding carboxylic acids is 2. The second-order valence-corrected chi connectivity index (χ2v) is 9.30. The van der Waals surface area contributed by atoms with Crippen molar-refractivity contribution >= 4 is 22.6 Å². The highest BCUT2D eigenvalue weighted by Gasteiger charge is 2.23. The number of carbonyl (C=O) groups is 2. The minimum absolute atomic E-state index is 0.0144. The van der Waals surface area contributed by atoms with E-state index in [1.165, 1.54) is 10.8 Å². The molecule has 0 aliphatic carbocycles. The molecule has 0 spiro atoms. The van der Waals surface area contributed by atoms with E-state index >= 15 is 0 Å². The van der Waals surface area contributed by atoms with E-state index in [1.807, 2.05) is 62.4 Å². The van der Waals surface area contributed by atoms with Crippen molar-refractivity contribution in [3.63, 3.8) is 0 Å². The summed E-state index contributed by atoms with van der Waals surface area (Å²) in [6.45, 7) is 5.23. The Morgan fingerprint density at radius 3 is 2.43 bits per heavy atom. The summed E-state index contributed by atoms with van der Waals surface area (Å²) in [4.78, 5) is 25.1. The van der Waals surface area contributed by atoms with Crippen LogP contribution in [-0.2, 0) is 27.5 Å². The van der Waals surface area contributed by atoms with Crippen LogP contribution in [0.3, 0.4) is 0 Å². The Kier molecular flexibility index (Phi) is 10.3. The zero-order chi connectivity index (χ0) is 25.0. The van der Waals surface area contributed by atoms with E-state index in [4.69, 9.17) is 10.5 Å². The van der Waals surface area contributed by atoms with Crippen molar-refractivity contribution in [1.82, 2.24) is 10.6 Å². The Balaban J connectivity index is 1.36. The van der Waals surface area contributed by atoms with Crippen molar-refractivity contribution in [1.29, 1.82) is 0 Å². The van der Waals surface area contributed by atoms with Gasteiger partial charge in [-0.05, 0) is 40.7 Å². The van der Waals surface area contributed by atoms with Gasteiger partial charge in [0.25, 0.3) is 0 Å². The first-order valence-corrected chi connectivity index (χ1v) is 12.3. The first kappa shape index (κ1) is 26.4. The monoisotopic (exact) mass is 475 g/mol. The fourth-order valence-corrected chi connectivity index (χ4v) is 4.02. The van der Waals surface area contributed by atoms with E-state index in [-0.39, 0.29) is 23.8 Å². The van der Waals surface area contributed by atoms with Crippen molar-refractivity contribution in [2.45, 2.75) is 58.3 Å². The van der Waals surface area contributed by atoms with Gasteiger partial charge in [0.15, 0.2) is 0 Å². The molecule has 3 aromatic carbocycles. The quantitative estimate of drug-likeness (QED) is 0.343. The first-order chi connectivity index (χ1) is 16.9. The number of benzene rings is 3. The molecule has 0 fully saturated rings. The molecule has 0 saturated carbocycles. The fraction of sp³-hybridized carbons (Fsp3) is 0.379. The number of nitrogens with one attached hydrogen (secondary N) is 2. The lowest BCUT2D eigenvalue weighted by Gasteiger charge is -2.22. The Morgan fingerprint density at radius 2 is 1.66 bits per heavy atom. The van der Waals surface area contributed by atoms with E-state index in [0.29, 0.717) is 39.0 Å². The molecule has 186 valence electrons. The summed E-state index contributed by atoms with van der Waals surface area (Å²) >= 11 is 0. The molecule has 3 rings (SSSR count). The molecule has 6 nitrogen and oxygen atoms in total. The molecule has 4 N–H and O–H groups in total. The highest BCUT2D eigenvalue weighted by molar-refractivity contribution is 5.88. The molecule has 0 saturated heterocycles. The van der Waals surface area contributed by atoms with E-state index in [2.05, 4.69) is 34.9 Å². The zero-order valence-corrected chi connectivity index (χ0v) is 20.7. The van der Waals surface area contributed by atoms with Crippen LogP contribution in [0.25, 0.3) is 10.8 Å². The highest BCUT2D eigenvalue weighted by atomic mass is 16.5. The van der Waals surface area contributed by atoms with Gasteiger partial charge >= 0.3 is 0 Å². The van der Waals surface area contributed by atoms with Gasteiger partial charge in [-0.2, -0.15) is 0 Å². The van der Waals surface area contributed by atoms with Crippen molar-refractivity contribution < 1.29 is 14.3 Å². The van der Waals surface area contributed by atoms with E-state index < -0.39 is 6.04 Å². The van der Waals surface area contributed by atoms with Gasteiger partial charge in [-0.25, -0.2) is 0 Å². The molecule has 0 heterocycles. The minimum Gasteiger partial charge on any atom is -0.375 e. The van der Waals surface area contributed by atoms with Crippen molar-refractivity contribution in [2.24, 2.45) is 11.7 Å². The maximum Gasteiger partial charge on any atom is 0.243 e. The number of hydrogen-bond acceptors (Lipinski definition) is 4. The van der Waals surface area contributed by atoms with Gasteiger partial charge in [-0.3, -0.25) is 9.59 Å². The molecule has 1 unspecified atom stereocenters. The number of rotatable bonds is 13. The summed E-state index contributed by atoms with van der Waals surface area (Å²) < 4.78 is 5.86. The number of amides is 2. The van der Waals surface area contributed by atoms with E-state index in [0.717, 1.165) is 11.1 Å². The van der Waals surface area contributed by atoms with Gasteiger partial charge in [0.1, 0.15) is 6.04 Å². The number of hydrogen-bond donors (Lipinski definition) is 3. The van der Waals surface area contributed by atoms with Gasteiger partial charge in [-0.1, -0.05) is 86.6 Å². The van der Waals surface area contributed by atoms with Crippen molar-refractivity contribution in [3.8, 4) is 0 Å². The van der Waals surface area contributed by atoms with Crippen LogP contribution in [0.5, 0.6) is 0 Å². The molecular formula is C29H37N3O3. The number of ether oxygens (including phenoxy) is 1. The van der Waals surface area contributed by atoms with Gasteiger partial charge in [0.05, 0.1) is 13.2 Å².